The van der Waals surface area contributed by atoms with E-state index in [4.69, 9.17) is 37.0 Å². The molecule has 0 amide bonds. The first-order valence-corrected chi connectivity index (χ1v) is 43.6. The fraction of sp³-hybridized carbons (Fsp3) is 0.949. The molecule has 0 rings (SSSR count). The molecule has 97 heavy (non-hydrogen) atoms. The Balaban J connectivity index is 5.15. The van der Waals surface area contributed by atoms with Gasteiger partial charge in [0.05, 0.1) is 26.4 Å². The van der Waals surface area contributed by atoms with Crippen molar-refractivity contribution in [2.24, 2.45) is 5.92 Å². The average Bonchev–Trinajstić information content (AvgIpc) is 1.07. The standard InChI is InChI=1S/C78H152O17P2/c1-6-9-12-15-18-20-22-24-26-28-30-31-32-34-36-38-40-42-48-53-58-63-77(82)94-74(68-89-76(81)62-57-52-47-41-39-37-35-33-29-27-25-23-21-19-16-13-10-7-2)70-93-97(86,87)91-66-72(79)65-90-96(84,85)92-69-73(67-88-75(80)61-56-51-45-17-14-11-8-3)95-78(83)64-59-54-49-44-43-46-50-55-60-71(4)5/h71-74,79H,6-70H2,1-5H3,(H,84,85)(H,86,87)/t72-,73+,74+/m0/s1. The summed E-state index contributed by atoms with van der Waals surface area (Å²) < 4.78 is 68.4. The van der Waals surface area contributed by atoms with Crippen LogP contribution in [0.2, 0.25) is 0 Å². The summed E-state index contributed by atoms with van der Waals surface area (Å²) in [7, 11) is -9.91. The van der Waals surface area contributed by atoms with Crippen molar-refractivity contribution in [3.05, 3.63) is 0 Å². The van der Waals surface area contributed by atoms with E-state index in [-0.39, 0.29) is 25.7 Å². The van der Waals surface area contributed by atoms with Crippen molar-refractivity contribution in [3.8, 4) is 0 Å². The molecular formula is C78H152O17P2. The third-order valence-corrected chi connectivity index (χ3v) is 20.2. The molecule has 0 aliphatic heterocycles. The molecule has 0 aromatic carbocycles. The topological polar surface area (TPSA) is 237 Å². The summed E-state index contributed by atoms with van der Waals surface area (Å²) in [4.78, 5) is 72.7. The van der Waals surface area contributed by atoms with Crippen molar-refractivity contribution in [1.29, 1.82) is 0 Å². The van der Waals surface area contributed by atoms with Crippen LogP contribution < -0.4 is 0 Å². The Labute approximate surface area is 594 Å². The number of carbonyl (C=O) groups excluding carboxylic acids is 4. The van der Waals surface area contributed by atoms with Gasteiger partial charge in [-0.05, 0) is 31.6 Å². The number of hydrogen-bond acceptors (Lipinski definition) is 15. The highest BCUT2D eigenvalue weighted by Gasteiger charge is 2.30. The van der Waals surface area contributed by atoms with Crippen molar-refractivity contribution >= 4 is 39.5 Å². The zero-order valence-corrected chi connectivity index (χ0v) is 65.0. The van der Waals surface area contributed by atoms with Gasteiger partial charge in [0, 0.05) is 25.7 Å². The molecule has 0 saturated heterocycles. The van der Waals surface area contributed by atoms with Gasteiger partial charge in [-0.2, -0.15) is 0 Å². The summed E-state index contributed by atoms with van der Waals surface area (Å²) >= 11 is 0. The summed E-state index contributed by atoms with van der Waals surface area (Å²) in [6.45, 7) is 7.22. The van der Waals surface area contributed by atoms with Gasteiger partial charge in [-0.25, -0.2) is 9.13 Å². The van der Waals surface area contributed by atoms with E-state index in [2.05, 4.69) is 34.6 Å². The number of phosphoric ester groups is 2. The van der Waals surface area contributed by atoms with Gasteiger partial charge in [-0.15, -0.1) is 0 Å². The van der Waals surface area contributed by atoms with Crippen LogP contribution in [0, 0.1) is 5.92 Å². The average molecular weight is 1420 g/mol. The second kappa shape index (κ2) is 71.1. The number of carbonyl (C=O) groups is 4. The van der Waals surface area contributed by atoms with Crippen LogP contribution in [-0.2, 0) is 65.4 Å². The molecular weight excluding hydrogens is 1270 g/mol. The van der Waals surface area contributed by atoms with Crippen molar-refractivity contribution in [2.75, 3.05) is 39.6 Å². The van der Waals surface area contributed by atoms with Gasteiger partial charge < -0.3 is 33.8 Å². The Morgan fingerprint density at radius 2 is 0.474 bits per heavy atom. The fourth-order valence-electron chi connectivity index (χ4n) is 12.1. The van der Waals surface area contributed by atoms with Crippen molar-refractivity contribution < 1.29 is 80.2 Å². The lowest BCUT2D eigenvalue weighted by Crippen LogP contribution is -2.30. The molecule has 0 bridgehead atoms. The molecule has 5 atom stereocenters. The number of rotatable bonds is 78. The molecule has 576 valence electrons. The Hall–Kier alpha value is -1.94. The lowest BCUT2D eigenvalue weighted by Gasteiger charge is -2.21. The van der Waals surface area contributed by atoms with E-state index < -0.39 is 97.5 Å². The summed E-state index contributed by atoms with van der Waals surface area (Å²) in [6, 6.07) is 0. The summed E-state index contributed by atoms with van der Waals surface area (Å²) in [6.07, 6.45) is 61.5. The van der Waals surface area contributed by atoms with E-state index in [1.165, 1.54) is 225 Å². The van der Waals surface area contributed by atoms with Gasteiger partial charge in [-0.1, -0.05) is 362 Å². The maximum Gasteiger partial charge on any atom is 0.472 e. The molecule has 0 radical (unpaired) electrons. The first kappa shape index (κ1) is 95.1. The van der Waals surface area contributed by atoms with E-state index >= 15 is 0 Å². The third-order valence-electron chi connectivity index (χ3n) is 18.3. The molecule has 0 fully saturated rings. The minimum atomic E-state index is -4.96. The number of unbranched alkanes of at least 4 members (excludes halogenated alkanes) is 50. The zero-order valence-electron chi connectivity index (χ0n) is 63.2. The van der Waals surface area contributed by atoms with Gasteiger partial charge in [-0.3, -0.25) is 37.3 Å². The lowest BCUT2D eigenvalue weighted by atomic mass is 10.0. The molecule has 17 nitrogen and oxygen atoms in total. The lowest BCUT2D eigenvalue weighted by molar-refractivity contribution is -0.161. The molecule has 0 spiro atoms. The molecule has 19 heteroatoms. The molecule has 0 aromatic heterocycles. The highest BCUT2D eigenvalue weighted by Crippen LogP contribution is 2.45. The van der Waals surface area contributed by atoms with Crippen LogP contribution in [0.1, 0.15) is 413 Å². The third kappa shape index (κ3) is 72.2. The highest BCUT2D eigenvalue weighted by atomic mass is 31.2. The van der Waals surface area contributed by atoms with E-state index in [0.717, 1.165) is 109 Å². The Bertz CT molecular complexity index is 1860. The predicted molar refractivity (Wildman–Crippen MR) is 395 cm³/mol. The highest BCUT2D eigenvalue weighted by molar-refractivity contribution is 7.47. The Morgan fingerprint density at radius 1 is 0.278 bits per heavy atom. The van der Waals surface area contributed by atoms with E-state index in [0.29, 0.717) is 25.7 Å². The monoisotopic (exact) mass is 1420 g/mol. The van der Waals surface area contributed by atoms with Gasteiger partial charge in [0.15, 0.2) is 12.2 Å². The van der Waals surface area contributed by atoms with E-state index in [9.17, 15) is 43.2 Å². The number of hydrogen-bond donors (Lipinski definition) is 3. The van der Waals surface area contributed by atoms with Crippen molar-refractivity contribution in [3.63, 3.8) is 0 Å². The Kier molecular flexibility index (Phi) is 69.6. The number of aliphatic hydroxyl groups excluding tert-OH is 1. The van der Waals surface area contributed by atoms with Gasteiger partial charge in [0.2, 0.25) is 0 Å². The van der Waals surface area contributed by atoms with Crippen LogP contribution in [0.25, 0.3) is 0 Å². The summed E-state index contributed by atoms with van der Waals surface area (Å²) in [5, 5.41) is 10.6. The van der Waals surface area contributed by atoms with Crippen molar-refractivity contribution in [1.82, 2.24) is 0 Å². The number of aliphatic hydroxyl groups is 1. The van der Waals surface area contributed by atoms with Crippen LogP contribution >= 0.6 is 15.6 Å². The predicted octanol–water partition coefficient (Wildman–Crippen LogP) is 23.3. The quantitative estimate of drug-likeness (QED) is 0.0222. The van der Waals surface area contributed by atoms with Crippen LogP contribution in [0.15, 0.2) is 0 Å². The largest absolute Gasteiger partial charge is 0.472 e. The minimum Gasteiger partial charge on any atom is -0.462 e. The first-order valence-electron chi connectivity index (χ1n) is 40.6. The second-order valence-electron chi connectivity index (χ2n) is 28.6. The smallest absolute Gasteiger partial charge is 0.462 e. The number of esters is 4. The first-order chi connectivity index (χ1) is 47.0. The zero-order chi connectivity index (χ0) is 71.2. The molecule has 2 unspecified atom stereocenters. The van der Waals surface area contributed by atoms with Gasteiger partial charge in [0.25, 0.3) is 0 Å². The molecule has 0 aliphatic carbocycles. The number of ether oxygens (including phenoxy) is 4. The van der Waals surface area contributed by atoms with Gasteiger partial charge >= 0.3 is 39.5 Å². The summed E-state index contributed by atoms with van der Waals surface area (Å²) in [5.41, 5.74) is 0. The van der Waals surface area contributed by atoms with E-state index in [1.54, 1.807) is 0 Å². The van der Waals surface area contributed by atoms with Crippen LogP contribution in [0.3, 0.4) is 0 Å². The van der Waals surface area contributed by atoms with Crippen LogP contribution in [-0.4, -0.2) is 96.7 Å². The normalized spacial score (nSPS) is 13.9. The maximum absolute atomic E-state index is 13.1. The molecule has 0 saturated carbocycles. The maximum atomic E-state index is 13.1. The molecule has 0 heterocycles. The molecule has 3 N–H and O–H groups in total. The van der Waals surface area contributed by atoms with E-state index in [1.807, 2.05) is 0 Å². The van der Waals surface area contributed by atoms with Crippen molar-refractivity contribution in [2.45, 2.75) is 432 Å². The Morgan fingerprint density at radius 3 is 0.701 bits per heavy atom. The molecule has 0 aromatic rings. The summed E-state index contributed by atoms with van der Waals surface area (Å²) in [5.74, 6) is -1.40. The van der Waals surface area contributed by atoms with Crippen LogP contribution in [0.4, 0.5) is 0 Å². The minimum absolute atomic E-state index is 0.105. The fourth-order valence-corrected chi connectivity index (χ4v) is 13.6. The molecule has 0 aliphatic rings. The second-order valence-corrected chi connectivity index (χ2v) is 31.5. The number of phosphoric acid groups is 2. The van der Waals surface area contributed by atoms with Gasteiger partial charge in [0.1, 0.15) is 19.3 Å². The SMILES string of the molecule is CCCCCCCCCCCCCCCCCCCCCCCC(=O)O[C@H](COC(=O)CCCCCCCCCCCCCCCCCCCC)COP(=O)(O)OC[C@@H](O)COP(=O)(O)OC[C@@H](COC(=O)CCCCCCCCC)OC(=O)CCCCCCCCCCC(C)C. The van der Waals surface area contributed by atoms with Crippen LogP contribution in [0.5, 0.6) is 0 Å².